The zero-order chi connectivity index (χ0) is 12.5. The third kappa shape index (κ3) is 1.89. The van der Waals surface area contributed by atoms with E-state index >= 15 is 0 Å². The minimum atomic E-state index is 0.589. The number of methoxy groups -OCH3 is 1. The molecule has 3 aromatic rings. The number of thiazole rings is 1. The molecule has 0 unspecified atom stereocenters. The number of fused-ring (bicyclic) bond motifs is 1. The Labute approximate surface area is 108 Å². The number of pyridine rings is 1. The minimum Gasteiger partial charge on any atom is -0.495 e. The fraction of sp³-hybridized carbons (Fsp3) is 0.0769. The Morgan fingerprint density at radius 1 is 1.17 bits per heavy atom. The molecule has 0 atom stereocenters. The molecule has 5 heteroatoms. The summed E-state index contributed by atoms with van der Waals surface area (Å²) in [5.74, 6) is 0.747. The summed E-state index contributed by atoms with van der Waals surface area (Å²) < 4.78 is 6.25. The molecule has 0 spiro atoms. The van der Waals surface area contributed by atoms with Crippen molar-refractivity contribution in [3.05, 3.63) is 36.7 Å². The van der Waals surface area contributed by atoms with Crippen LogP contribution in [0.25, 0.3) is 21.3 Å². The Kier molecular flexibility index (Phi) is 2.60. The lowest BCUT2D eigenvalue weighted by molar-refractivity contribution is 0.413. The van der Waals surface area contributed by atoms with Gasteiger partial charge in [-0.15, -0.1) is 0 Å². The van der Waals surface area contributed by atoms with Gasteiger partial charge in [0, 0.05) is 11.8 Å². The molecule has 1 aromatic carbocycles. The molecular formula is C13H11N3OS. The van der Waals surface area contributed by atoms with Crippen LogP contribution in [-0.4, -0.2) is 17.1 Å². The second-order valence-electron chi connectivity index (χ2n) is 3.85. The maximum Gasteiger partial charge on any atom is 0.181 e. The fourth-order valence-corrected chi connectivity index (χ4v) is 2.58. The number of nitrogens with two attached hydrogens (primary N) is 1. The van der Waals surface area contributed by atoms with Crippen LogP contribution in [0.5, 0.6) is 5.75 Å². The van der Waals surface area contributed by atoms with Gasteiger partial charge in [0.15, 0.2) is 5.13 Å². The van der Waals surface area contributed by atoms with Crippen molar-refractivity contribution in [3.63, 3.8) is 0 Å². The highest BCUT2D eigenvalue weighted by Gasteiger charge is 2.05. The Morgan fingerprint density at radius 2 is 2.06 bits per heavy atom. The number of hydrogen-bond acceptors (Lipinski definition) is 5. The number of anilines is 1. The van der Waals surface area contributed by atoms with Gasteiger partial charge in [0.25, 0.3) is 0 Å². The lowest BCUT2D eigenvalue weighted by Gasteiger charge is -2.03. The largest absolute Gasteiger partial charge is 0.495 e. The summed E-state index contributed by atoms with van der Waals surface area (Å²) in [5, 5.41) is 0.589. The van der Waals surface area contributed by atoms with E-state index in [-0.39, 0.29) is 0 Å². The van der Waals surface area contributed by atoms with Gasteiger partial charge in [0.05, 0.1) is 23.5 Å². The van der Waals surface area contributed by atoms with E-state index < -0.39 is 0 Å². The number of ether oxygens (including phenoxy) is 1. The maximum absolute atomic E-state index is 5.70. The first-order chi connectivity index (χ1) is 8.76. The number of rotatable bonds is 2. The van der Waals surface area contributed by atoms with E-state index in [4.69, 9.17) is 10.5 Å². The third-order valence-corrected chi connectivity index (χ3v) is 3.53. The van der Waals surface area contributed by atoms with Gasteiger partial charge in [0.1, 0.15) is 5.75 Å². The monoisotopic (exact) mass is 257 g/mol. The van der Waals surface area contributed by atoms with Gasteiger partial charge in [-0.2, -0.15) is 0 Å². The Bertz CT molecular complexity index is 708. The lowest BCUT2D eigenvalue weighted by Crippen LogP contribution is -1.86. The molecule has 0 aliphatic heterocycles. The second-order valence-corrected chi connectivity index (χ2v) is 4.91. The van der Waals surface area contributed by atoms with Crippen molar-refractivity contribution in [2.24, 2.45) is 0 Å². The lowest BCUT2D eigenvalue weighted by atomic mass is 10.1. The summed E-state index contributed by atoms with van der Waals surface area (Å²) in [6.07, 6.45) is 3.50. The first-order valence-electron chi connectivity index (χ1n) is 5.42. The van der Waals surface area contributed by atoms with E-state index in [2.05, 4.69) is 16.0 Å². The summed E-state index contributed by atoms with van der Waals surface area (Å²) in [6.45, 7) is 0. The van der Waals surface area contributed by atoms with Crippen LogP contribution in [-0.2, 0) is 0 Å². The van der Waals surface area contributed by atoms with Crippen LogP contribution in [0.3, 0.4) is 0 Å². The SMILES string of the molecule is COc1cncc(-c2ccc3nc(N)sc3c2)c1. The zero-order valence-corrected chi connectivity index (χ0v) is 10.6. The van der Waals surface area contributed by atoms with Crippen LogP contribution in [0.4, 0.5) is 5.13 Å². The van der Waals surface area contributed by atoms with Crippen LogP contribution >= 0.6 is 11.3 Å². The van der Waals surface area contributed by atoms with Crippen LogP contribution in [0.1, 0.15) is 0 Å². The number of nitrogen functional groups attached to an aromatic ring is 1. The predicted octanol–water partition coefficient (Wildman–Crippen LogP) is 2.95. The summed E-state index contributed by atoms with van der Waals surface area (Å²) >= 11 is 1.49. The normalized spacial score (nSPS) is 10.7. The van der Waals surface area contributed by atoms with E-state index in [1.165, 1.54) is 11.3 Å². The van der Waals surface area contributed by atoms with E-state index in [9.17, 15) is 0 Å². The molecule has 0 radical (unpaired) electrons. The topological polar surface area (TPSA) is 61.0 Å². The van der Waals surface area contributed by atoms with Crippen LogP contribution in [0, 0.1) is 0 Å². The quantitative estimate of drug-likeness (QED) is 0.766. The average molecular weight is 257 g/mol. The molecule has 0 amide bonds. The Balaban J connectivity index is 2.12. The van der Waals surface area contributed by atoms with Crippen molar-refractivity contribution in [1.82, 2.24) is 9.97 Å². The van der Waals surface area contributed by atoms with Crippen molar-refractivity contribution < 1.29 is 4.74 Å². The van der Waals surface area contributed by atoms with Gasteiger partial charge in [-0.25, -0.2) is 4.98 Å². The number of aromatic nitrogens is 2. The van der Waals surface area contributed by atoms with E-state index in [0.29, 0.717) is 5.13 Å². The van der Waals surface area contributed by atoms with E-state index in [1.807, 2.05) is 24.4 Å². The third-order valence-electron chi connectivity index (χ3n) is 2.69. The molecule has 2 aromatic heterocycles. The zero-order valence-electron chi connectivity index (χ0n) is 9.75. The Morgan fingerprint density at radius 3 is 2.89 bits per heavy atom. The molecule has 0 aliphatic carbocycles. The average Bonchev–Trinajstić information content (AvgIpc) is 2.77. The number of hydrogen-bond donors (Lipinski definition) is 1. The molecule has 0 fully saturated rings. The van der Waals surface area contributed by atoms with E-state index in [1.54, 1.807) is 13.3 Å². The van der Waals surface area contributed by atoms with E-state index in [0.717, 1.165) is 27.1 Å². The first-order valence-corrected chi connectivity index (χ1v) is 6.23. The molecule has 90 valence electrons. The fourth-order valence-electron chi connectivity index (χ4n) is 1.81. The predicted molar refractivity (Wildman–Crippen MR) is 73.8 cm³/mol. The van der Waals surface area contributed by atoms with Crippen molar-refractivity contribution in [3.8, 4) is 16.9 Å². The van der Waals surface area contributed by atoms with Crippen molar-refractivity contribution >= 4 is 26.7 Å². The summed E-state index contributed by atoms with van der Waals surface area (Å²) in [5.41, 5.74) is 8.73. The number of nitrogens with zero attached hydrogens (tertiary/aromatic N) is 2. The highest BCUT2D eigenvalue weighted by atomic mass is 32.1. The molecule has 2 N–H and O–H groups in total. The second kappa shape index (κ2) is 4.27. The molecular weight excluding hydrogens is 246 g/mol. The highest BCUT2D eigenvalue weighted by Crippen LogP contribution is 2.29. The minimum absolute atomic E-state index is 0.589. The van der Waals surface area contributed by atoms with Gasteiger partial charge in [-0.3, -0.25) is 4.98 Å². The van der Waals surface area contributed by atoms with Gasteiger partial charge in [-0.05, 0) is 23.8 Å². The van der Waals surface area contributed by atoms with Crippen LogP contribution in [0.2, 0.25) is 0 Å². The summed E-state index contributed by atoms with van der Waals surface area (Å²) in [7, 11) is 1.63. The smallest absolute Gasteiger partial charge is 0.181 e. The van der Waals surface area contributed by atoms with Crippen molar-refractivity contribution in [2.45, 2.75) is 0 Å². The van der Waals surface area contributed by atoms with Gasteiger partial charge in [-0.1, -0.05) is 17.4 Å². The molecule has 0 bridgehead atoms. The van der Waals surface area contributed by atoms with Crippen molar-refractivity contribution in [2.75, 3.05) is 12.8 Å². The van der Waals surface area contributed by atoms with Gasteiger partial charge < -0.3 is 10.5 Å². The molecule has 0 saturated carbocycles. The summed E-state index contributed by atoms with van der Waals surface area (Å²) in [6, 6.07) is 8.01. The highest BCUT2D eigenvalue weighted by molar-refractivity contribution is 7.22. The van der Waals surface area contributed by atoms with Crippen molar-refractivity contribution in [1.29, 1.82) is 0 Å². The maximum atomic E-state index is 5.70. The molecule has 0 saturated heterocycles. The van der Waals surface area contributed by atoms with Crippen LogP contribution < -0.4 is 10.5 Å². The number of benzene rings is 1. The molecule has 0 aliphatic rings. The molecule has 4 nitrogen and oxygen atoms in total. The van der Waals surface area contributed by atoms with Gasteiger partial charge in [0.2, 0.25) is 0 Å². The van der Waals surface area contributed by atoms with Gasteiger partial charge >= 0.3 is 0 Å². The molecule has 18 heavy (non-hydrogen) atoms. The van der Waals surface area contributed by atoms with Crippen LogP contribution in [0.15, 0.2) is 36.7 Å². The first kappa shape index (κ1) is 11.0. The standard InChI is InChI=1S/C13H11N3OS/c1-17-10-4-9(6-15-7-10)8-2-3-11-12(5-8)18-13(14)16-11/h2-7H,1H3,(H2,14,16). The summed E-state index contributed by atoms with van der Waals surface area (Å²) in [4.78, 5) is 8.39. The molecule has 3 rings (SSSR count). The molecule has 2 heterocycles. The Hall–Kier alpha value is -2.14.